The van der Waals surface area contributed by atoms with Crippen LogP contribution < -0.4 is 5.32 Å². The van der Waals surface area contributed by atoms with Crippen molar-refractivity contribution >= 4 is 17.5 Å². The van der Waals surface area contributed by atoms with Crippen LogP contribution in [-0.4, -0.2) is 30.3 Å². The molecule has 1 unspecified atom stereocenters. The van der Waals surface area contributed by atoms with Gasteiger partial charge in [0.1, 0.15) is 5.75 Å². The molecule has 0 spiro atoms. The Kier molecular flexibility index (Phi) is 3.31. The zero-order chi connectivity index (χ0) is 11.5. The first-order valence-corrected chi connectivity index (χ1v) is 5.42. The summed E-state index contributed by atoms with van der Waals surface area (Å²) < 4.78 is 5.14. The molecule has 1 aromatic carbocycles. The van der Waals surface area contributed by atoms with E-state index in [-0.39, 0.29) is 23.3 Å². The minimum Gasteiger partial charge on any atom is -0.507 e. The van der Waals surface area contributed by atoms with Crippen LogP contribution in [-0.2, 0) is 4.74 Å². The molecule has 0 radical (unpaired) electrons. The van der Waals surface area contributed by atoms with Crippen LogP contribution in [0.4, 0.5) is 0 Å². The summed E-state index contributed by atoms with van der Waals surface area (Å²) in [5.74, 6) is -0.409. The van der Waals surface area contributed by atoms with E-state index in [1.54, 1.807) is 6.07 Å². The fourth-order valence-electron chi connectivity index (χ4n) is 1.61. The molecule has 0 aromatic heterocycles. The zero-order valence-corrected chi connectivity index (χ0v) is 9.33. The first-order valence-electron chi connectivity index (χ1n) is 5.04. The first-order chi connectivity index (χ1) is 7.66. The lowest BCUT2D eigenvalue weighted by atomic mass is 10.1. The lowest BCUT2D eigenvalue weighted by Crippen LogP contribution is -2.35. The topological polar surface area (TPSA) is 58.6 Å². The number of phenols is 1. The third-order valence-corrected chi connectivity index (χ3v) is 2.70. The molecule has 0 aliphatic carbocycles. The van der Waals surface area contributed by atoms with Crippen LogP contribution in [0, 0.1) is 0 Å². The van der Waals surface area contributed by atoms with E-state index in [4.69, 9.17) is 16.3 Å². The second-order valence-corrected chi connectivity index (χ2v) is 4.13. The predicted molar refractivity (Wildman–Crippen MR) is 59.8 cm³/mol. The van der Waals surface area contributed by atoms with Gasteiger partial charge in [0.15, 0.2) is 0 Å². The molecule has 0 saturated carbocycles. The monoisotopic (exact) mass is 241 g/mol. The maximum Gasteiger partial charge on any atom is 0.255 e. The highest BCUT2D eigenvalue weighted by molar-refractivity contribution is 6.30. The Bertz CT molecular complexity index is 402. The SMILES string of the molecule is O=C(NC1CCOC1)c1ccc(Cl)cc1O. The number of rotatable bonds is 2. The quantitative estimate of drug-likeness (QED) is 0.826. The summed E-state index contributed by atoms with van der Waals surface area (Å²) in [4.78, 5) is 11.8. The van der Waals surface area contributed by atoms with Gasteiger partial charge in [-0.2, -0.15) is 0 Å². The molecule has 1 heterocycles. The number of hydrogen-bond acceptors (Lipinski definition) is 3. The summed E-state index contributed by atoms with van der Waals surface area (Å²) in [5.41, 5.74) is 0.233. The van der Waals surface area contributed by atoms with Gasteiger partial charge in [0.25, 0.3) is 5.91 Å². The molecular weight excluding hydrogens is 230 g/mol. The molecule has 1 amide bonds. The van der Waals surface area contributed by atoms with Gasteiger partial charge < -0.3 is 15.2 Å². The van der Waals surface area contributed by atoms with Gasteiger partial charge in [0, 0.05) is 11.6 Å². The lowest BCUT2D eigenvalue weighted by Gasteiger charge is -2.11. The molecule has 2 N–H and O–H groups in total. The summed E-state index contributed by atoms with van der Waals surface area (Å²) in [7, 11) is 0. The molecule has 86 valence electrons. The number of phenolic OH excluding ortho intramolecular Hbond substituents is 1. The van der Waals surface area contributed by atoms with Crippen molar-refractivity contribution in [2.75, 3.05) is 13.2 Å². The van der Waals surface area contributed by atoms with Crippen molar-refractivity contribution in [2.45, 2.75) is 12.5 Å². The summed E-state index contributed by atoms with van der Waals surface area (Å²) >= 11 is 5.68. The maximum absolute atomic E-state index is 11.8. The Morgan fingerprint density at radius 3 is 3.00 bits per heavy atom. The van der Waals surface area contributed by atoms with Crippen molar-refractivity contribution in [3.8, 4) is 5.75 Å². The van der Waals surface area contributed by atoms with Crippen molar-refractivity contribution in [2.24, 2.45) is 0 Å². The third-order valence-electron chi connectivity index (χ3n) is 2.47. The van der Waals surface area contributed by atoms with Gasteiger partial charge in [0.05, 0.1) is 18.2 Å². The van der Waals surface area contributed by atoms with Gasteiger partial charge in [-0.05, 0) is 24.6 Å². The van der Waals surface area contributed by atoms with Gasteiger partial charge in [-0.1, -0.05) is 11.6 Å². The summed E-state index contributed by atoms with van der Waals surface area (Å²) in [6, 6.07) is 4.45. The number of halogens is 1. The van der Waals surface area contributed by atoms with E-state index in [0.29, 0.717) is 18.2 Å². The van der Waals surface area contributed by atoms with Crippen molar-refractivity contribution in [1.29, 1.82) is 0 Å². The van der Waals surface area contributed by atoms with E-state index in [1.165, 1.54) is 12.1 Å². The highest BCUT2D eigenvalue weighted by Gasteiger charge is 2.20. The minimum atomic E-state index is -0.301. The summed E-state index contributed by atoms with van der Waals surface area (Å²) in [5, 5.41) is 12.7. The van der Waals surface area contributed by atoms with E-state index >= 15 is 0 Å². The second kappa shape index (κ2) is 4.72. The van der Waals surface area contributed by atoms with Crippen molar-refractivity contribution in [1.82, 2.24) is 5.32 Å². The normalized spacial score (nSPS) is 19.7. The molecule has 1 fully saturated rings. The van der Waals surface area contributed by atoms with E-state index < -0.39 is 0 Å². The van der Waals surface area contributed by atoms with Crippen LogP contribution in [0.1, 0.15) is 16.8 Å². The number of carbonyl (C=O) groups is 1. The molecule has 2 rings (SSSR count). The maximum atomic E-state index is 11.8. The molecule has 1 atom stereocenters. The van der Waals surface area contributed by atoms with Gasteiger partial charge in [-0.25, -0.2) is 0 Å². The largest absolute Gasteiger partial charge is 0.507 e. The summed E-state index contributed by atoms with van der Waals surface area (Å²) in [6.07, 6.45) is 0.806. The van der Waals surface area contributed by atoms with Crippen LogP contribution in [0.2, 0.25) is 5.02 Å². The number of nitrogens with one attached hydrogen (secondary N) is 1. The molecule has 1 saturated heterocycles. The molecule has 16 heavy (non-hydrogen) atoms. The average molecular weight is 242 g/mol. The molecule has 4 nitrogen and oxygen atoms in total. The van der Waals surface area contributed by atoms with E-state index in [1.807, 2.05) is 0 Å². The zero-order valence-electron chi connectivity index (χ0n) is 8.57. The smallest absolute Gasteiger partial charge is 0.255 e. The Labute approximate surface area is 98.2 Å². The number of hydrogen-bond donors (Lipinski definition) is 2. The van der Waals surface area contributed by atoms with Crippen molar-refractivity contribution in [3.05, 3.63) is 28.8 Å². The van der Waals surface area contributed by atoms with Gasteiger partial charge in [0.2, 0.25) is 0 Å². The standard InChI is InChI=1S/C11H12ClNO3/c12-7-1-2-9(10(14)5-7)11(15)13-8-3-4-16-6-8/h1-2,5,8,14H,3-4,6H2,(H,13,15). The number of aromatic hydroxyl groups is 1. The molecule has 1 aromatic rings. The third kappa shape index (κ3) is 2.46. The number of ether oxygens (including phenoxy) is 1. The average Bonchev–Trinajstić information content (AvgIpc) is 2.70. The molecule has 0 bridgehead atoms. The molecular formula is C11H12ClNO3. The number of carbonyl (C=O) groups excluding carboxylic acids is 1. The predicted octanol–water partition coefficient (Wildman–Crippen LogP) is 1.56. The number of benzene rings is 1. The van der Waals surface area contributed by atoms with Crippen LogP contribution in [0.15, 0.2) is 18.2 Å². The van der Waals surface area contributed by atoms with E-state index in [0.717, 1.165) is 6.42 Å². The Hall–Kier alpha value is -1.26. The van der Waals surface area contributed by atoms with E-state index in [9.17, 15) is 9.90 Å². The van der Waals surface area contributed by atoms with Gasteiger partial charge >= 0.3 is 0 Å². The minimum absolute atomic E-state index is 0.0302. The fraction of sp³-hybridized carbons (Fsp3) is 0.364. The molecule has 5 heteroatoms. The van der Waals surface area contributed by atoms with Crippen LogP contribution in [0.5, 0.6) is 5.75 Å². The number of amides is 1. The Morgan fingerprint density at radius 1 is 1.56 bits per heavy atom. The van der Waals surface area contributed by atoms with Gasteiger partial charge in [-0.3, -0.25) is 4.79 Å². The van der Waals surface area contributed by atoms with Crippen LogP contribution in [0.25, 0.3) is 0 Å². The van der Waals surface area contributed by atoms with Gasteiger partial charge in [-0.15, -0.1) is 0 Å². The Morgan fingerprint density at radius 2 is 2.38 bits per heavy atom. The van der Waals surface area contributed by atoms with E-state index in [2.05, 4.69) is 5.32 Å². The molecule has 1 aliphatic heterocycles. The first kappa shape index (κ1) is 11.2. The highest BCUT2D eigenvalue weighted by atomic mass is 35.5. The van der Waals surface area contributed by atoms with Crippen molar-refractivity contribution < 1.29 is 14.6 Å². The summed E-state index contributed by atoms with van der Waals surface area (Å²) in [6.45, 7) is 1.19. The van der Waals surface area contributed by atoms with Crippen molar-refractivity contribution in [3.63, 3.8) is 0 Å². The van der Waals surface area contributed by atoms with Crippen LogP contribution >= 0.6 is 11.6 Å². The lowest BCUT2D eigenvalue weighted by molar-refractivity contribution is 0.0927. The highest BCUT2D eigenvalue weighted by Crippen LogP contribution is 2.22. The fourth-order valence-corrected chi connectivity index (χ4v) is 1.77. The second-order valence-electron chi connectivity index (χ2n) is 3.70. The molecule has 1 aliphatic rings. The Balaban J connectivity index is 2.08. The van der Waals surface area contributed by atoms with Crippen LogP contribution in [0.3, 0.4) is 0 Å².